The summed E-state index contributed by atoms with van der Waals surface area (Å²) in [5.74, 6) is 0. The minimum atomic E-state index is -3.76. The van der Waals surface area contributed by atoms with Gasteiger partial charge in [-0.05, 0) is 31.0 Å². The minimum Gasteiger partial charge on any atom is -0.399 e. The summed E-state index contributed by atoms with van der Waals surface area (Å²) in [5, 5.41) is 8.41. The third-order valence-electron chi connectivity index (χ3n) is 2.98. The lowest BCUT2D eigenvalue weighted by atomic mass is 10.1. The van der Waals surface area contributed by atoms with E-state index >= 15 is 0 Å². The zero-order valence-corrected chi connectivity index (χ0v) is 11.0. The van der Waals surface area contributed by atoms with Crippen LogP contribution in [0.15, 0.2) is 17.0 Å². The molecule has 6 nitrogen and oxygen atoms in total. The molecule has 0 radical (unpaired) electrons. The van der Waals surface area contributed by atoms with Gasteiger partial charge in [0.2, 0.25) is 10.0 Å². The fraction of sp³-hybridized carbons (Fsp3) is 0.455. The molecular formula is C11H17N3O3S. The number of ether oxygens (including phenoxy) is 1. The smallest absolute Gasteiger partial charge is 0.238 e. The lowest BCUT2D eigenvalue weighted by Crippen LogP contribution is -2.21. The van der Waals surface area contributed by atoms with Crippen LogP contribution in [0.5, 0.6) is 0 Å². The topological polar surface area (TPSA) is 107 Å². The highest BCUT2D eigenvalue weighted by Gasteiger charge is 2.19. The molecule has 1 heterocycles. The Bertz CT molecular complexity index is 551. The van der Waals surface area contributed by atoms with Gasteiger partial charge in [0.1, 0.15) is 0 Å². The Morgan fingerprint density at radius 1 is 1.44 bits per heavy atom. The highest BCUT2D eigenvalue weighted by atomic mass is 32.2. The lowest BCUT2D eigenvalue weighted by molar-refractivity contribution is 0.195. The SMILES string of the molecule is Cc1c(NC2CCOC2)cc(N)cc1S(N)(=O)=O. The first-order chi connectivity index (χ1) is 8.38. The zero-order chi connectivity index (χ0) is 13.3. The normalized spacial score (nSPS) is 20.0. The number of nitrogen functional groups attached to an aromatic ring is 1. The molecular weight excluding hydrogens is 254 g/mol. The average Bonchev–Trinajstić information content (AvgIpc) is 2.74. The van der Waals surface area contributed by atoms with Gasteiger partial charge in [-0.2, -0.15) is 0 Å². The first-order valence-electron chi connectivity index (χ1n) is 5.65. The molecule has 1 aromatic carbocycles. The van der Waals surface area contributed by atoms with Gasteiger partial charge in [0.25, 0.3) is 0 Å². The molecule has 1 fully saturated rings. The van der Waals surface area contributed by atoms with Crippen molar-refractivity contribution in [1.82, 2.24) is 0 Å². The van der Waals surface area contributed by atoms with E-state index in [0.29, 0.717) is 30.2 Å². The second kappa shape index (κ2) is 4.75. The summed E-state index contributed by atoms with van der Waals surface area (Å²) in [6, 6.07) is 3.27. The van der Waals surface area contributed by atoms with E-state index in [2.05, 4.69) is 5.32 Å². The molecule has 100 valence electrons. The van der Waals surface area contributed by atoms with Gasteiger partial charge >= 0.3 is 0 Å². The van der Waals surface area contributed by atoms with Crippen LogP contribution in [-0.4, -0.2) is 27.7 Å². The van der Waals surface area contributed by atoms with Crippen LogP contribution in [0.3, 0.4) is 0 Å². The van der Waals surface area contributed by atoms with Crippen molar-refractivity contribution >= 4 is 21.4 Å². The van der Waals surface area contributed by atoms with E-state index < -0.39 is 10.0 Å². The van der Waals surface area contributed by atoms with Crippen LogP contribution in [0.1, 0.15) is 12.0 Å². The molecule has 0 aromatic heterocycles. The maximum Gasteiger partial charge on any atom is 0.238 e. The molecule has 1 aliphatic heterocycles. The molecule has 1 aromatic rings. The van der Waals surface area contributed by atoms with E-state index in [9.17, 15) is 8.42 Å². The third-order valence-corrected chi connectivity index (χ3v) is 4.02. The number of nitrogens with two attached hydrogens (primary N) is 2. The van der Waals surface area contributed by atoms with Gasteiger partial charge in [-0.25, -0.2) is 13.6 Å². The van der Waals surface area contributed by atoms with Crippen LogP contribution in [0, 0.1) is 6.92 Å². The molecule has 2 rings (SSSR count). The number of primary sulfonamides is 1. The average molecular weight is 271 g/mol. The highest BCUT2D eigenvalue weighted by molar-refractivity contribution is 7.89. The molecule has 1 atom stereocenters. The quantitative estimate of drug-likeness (QED) is 0.691. The summed E-state index contributed by atoms with van der Waals surface area (Å²) in [6.45, 7) is 3.03. The van der Waals surface area contributed by atoms with Crippen LogP contribution in [0.25, 0.3) is 0 Å². The zero-order valence-electron chi connectivity index (χ0n) is 10.1. The van der Waals surface area contributed by atoms with Crippen molar-refractivity contribution in [2.45, 2.75) is 24.3 Å². The Labute approximate surface area is 106 Å². The molecule has 18 heavy (non-hydrogen) atoms. The van der Waals surface area contributed by atoms with Gasteiger partial charge < -0.3 is 15.8 Å². The van der Waals surface area contributed by atoms with Gasteiger partial charge in [-0.3, -0.25) is 0 Å². The van der Waals surface area contributed by atoms with Crippen LogP contribution in [0.4, 0.5) is 11.4 Å². The van der Waals surface area contributed by atoms with E-state index in [-0.39, 0.29) is 10.9 Å². The lowest BCUT2D eigenvalue weighted by Gasteiger charge is -2.17. The first kappa shape index (κ1) is 13.1. The van der Waals surface area contributed by atoms with Crippen molar-refractivity contribution in [3.05, 3.63) is 17.7 Å². The predicted molar refractivity (Wildman–Crippen MR) is 69.8 cm³/mol. The van der Waals surface area contributed by atoms with Gasteiger partial charge in [0.15, 0.2) is 0 Å². The van der Waals surface area contributed by atoms with Gasteiger partial charge in [0, 0.05) is 18.0 Å². The molecule has 1 unspecified atom stereocenters. The molecule has 0 amide bonds. The Balaban J connectivity index is 2.38. The van der Waals surface area contributed by atoms with Crippen LogP contribution >= 0.6 is 0 Å². The number of hydrogen-bond acceptors (Lipinski definition) is 5. The number of rotatable bonds is 3. The second-order valence-electron chi connectivity index (χ2n) is 4.44. The van der Waals surface area contributed by atoms with Gasteiger partial charge in [0.05, 0.1) is 17.5 Å². The summed E-state index contributed by atoms with van der Waals surface area (Å²) in [4.78, 5) is 0.0592. The van der Waals surface area contributed by atoms with Crippen molar-refractivity contribution in [3.8, 4) is 0 Å². The van der Waals surface area contributed by atoms with E-state index in [4.69, 9.17) is 15.6 Å². The molecule has 7 heteroatoms. The fourth-order valence-corrected chi connectivity index (χ4v) is 2.86. The minimum absolute atomic E-state index is 0.0592. The summed E-state index contributed by atoms with van der Waals surface area (Å²) in [7, 11) is -3.76. The molecule has 0 aliphatic carbocycles. The van der Waals surface area contributed by atoms with E-state index in [1.54, 1.807) is 13.0 Å². The first-order valence-corrected chi connectivity index (χ1v) is 7.20. The van der Waals surface area contributed by atoms with Gasteiger partial charge in [-0.15, -0.1) is 0 Å². The Morgan fingerprint density at radius 2 is 2.17 bits per heavy atom. The fourth-order valence-electron chi connectivity index (χ4n) is 2.02. The molecule has 0 bridgehead atoms. The number of hydrogen-bond donors (Lipinski definition) is 3. The predicted octanol–water partition coefficient (Wildman–Crippen LogP) is 0.425. The maximum atomic E-state index is 11.5. The number of benzene rings is 1. The summed E-state index contributed by atoms with van der Waals surface area (Å²) >= 11 is 0. The molecule has 0 spiro atoms. The van der Waals surface area contributed by atoms with E-state index in [0.717, 1.165) is 6.42 Å². The highest BCUT2D eigenvalue weighted by Crippen LogP contribution is 2.27. The van der Waals surface area contributed by atoms with Crippen molar-refractivity contribution in [2.75, 3.05) is 24.3 Å². The van der Waals surface area contributed by atoms with E-state index in [1.807, 2.05) is 0 Å². The summed E-state index contributed by atoms with van der Waals surface area (Å²) in [6.07, 6.45) is 0.888. The van der Waals surface area contributed by atoms with Crippen LogP contribution in [-0.2, 0) is 14.8 Å². The van der Waals surface area contributed by atoms with Crippen molar-refractivity contribution in [3.63, 3.8) is 0 Å². The third kappa shape index (κ3) is 2.74. The number of sulfonamides is 1. The Kier molecular flexibility index (Phi) is 3.47. The van der Waals surface area contributed by atoms with Crippen LogP contribution < -0.4 is 16.2 Å². The maximum absolute atomic E-state index is 11.5. The summed E-state index contributed by atoms with van der Waals surface area (Å²) in [5.41, 5.74) is 7.35. The largest absolute Gasteiger partial charge is 0.399 e. The van der Waals surface area contributed by atoms with Crippen molar-refractivity contribution < 1.29 is 13.2 Å². The van der Waals surface area contributed by atoms with Crippen LogP contribution in [0.2, 0.25) is 0 Å². The Hall–Kier alpha value is -1.31. The molecule has 1 aliphatic rings. The van der Waals surface area contributed by atoms with Crippen molar-refractivity contribution in [1.29, 1.82) is 0 Å². The van der Waals surface area contributed by atoms with Crippen molar-refractivity contribution in [2.24, 2.45) is 5.14 Å². The van der Waals surface area contributed by atoms with Gasteiger partial charge in [-0.1, -0.05) is 0 Å². The number of nitrogens with one attached hydrogen (secondary N) is 1. The van der Waals surface area contributed by atoms with E-state index in [1.165, 1.54) is 6.07 Å². The molecule has 1 saturated heterocycles. The second-order valence-corrected chi connectivity index (χ2v) is 5.97. The number of anilines is 2. The molecule has 0 saturated carbocycles. The standard InChI is InChI=1S/C11H17N3O3S/c1-7-10(14-9-2-3-17-6-9)4-8(12)5-11(7)18(13,15)16/h4-5,9,14H,2-3,6,12H2,1H3,(H2,13,15,16). The monoisotopic (exact) mass is 271 g/mol. The Morgan fingerprint density at radius 3 is 2.72 bits per heavy atom. The molecule has 5 N–H and O–H groups in total. The summed E-state index contributed by atoms with van der Waals surface area (Å²) < 4.78 is 28.2.